The maximum absolute atomic E-state index is 11.9. The number of rotatable bonds is 3. The molecule has 17 heavy (non-hydrogen) atoms. The molecule has 0 saturated heterocycles. The van der Waals surface area contributed by atoms with Crippen LogP contribution in [-0.2, 0) is 14.6 Å². The highest BCUT2D eigenvalue weighted by Crippen LogP contribution is 2.44. The van der Waals surface area contributed by atoms with Crippen molar-refractivity contribution >= 4 is 32.2 Å². The largest absolute Gasteiger partial charge is 0.301 e. The lowest BCUT2D eigenvalue weighted by Crippen LogP contribution is -2.36. The minimum atomic E-state index is -3.35. The molecule has 7 heteroatoms. The SMILES string of the molecule is Cc1nc(NC(=O)C2(S(C)(=O)=O)CC2)sc1C. The molecule has 0 aromatic carbocycles. The summed E-state index contributed by atoms with van der Waals surface area (Å²) in [5.41, 5.74) is 0.856. The van der Waals surface area contributed by atoms with Gasteiger partial charge in [0.15, 0.2) is 19.7 Å². The van der Waals surface area contributed by atoms with Gasteiger partial charge in [0, 0.05) is 11.1 Å². The van der Waals surface area contributed by atoms with Crippen LogP contribution in [0.1, 0.15) is 23.4 Å². The van der Waals surface area contributed by atoms with Crippen molar-refractivity contribution in [2.24, 2.45) is 0 Å². The van der Waals surface area contributed by atoms with Crippen LogP contribution in [0.25, 0.3) is 0 Å². The molecule has 1 heterocycles. The lowest BCUT2D eigenvalue weighted by Gasteiger charge is -2.11. The second kappa shape index (κ2) is 3.78. The molecule has 1 amide bonds. The first kappa shape index (κ1) is 12.5. The van der Waals surface area contributed by atoms with Gasteiger partial charge in [0.2, 0.25) is 5.91 Å². The van der Waals surface area contributed by atoms with Gasteiger partial charge in [-0.1, -0.05) is 0 Å². The van der Waals surface area contributed by atoms with Gasteiger partial charge in [-0.2, -0.15) is 0 Å². The number of carbonyl (C=O) groups is 1. The van der Waals surface area contributed by atoms with Crippen molar-refractivity contribution < 1.29 is 13.2 Å². The molecule has 1 saturated carbocycles. The van der Waals surface area contributed by atoms with E-state index in [9.17, 15) is 13.2 Å². The van der Waals surface area contributed by atoms with Crippen molar-refractivity contribution in [1.29, 1.82) is 0 Å². The molecule has 1 aliphatic carbocycles. The van der Waals surface area contributed by atoms with E-state index >= 15 is 0 Å². The molecule has 0 spiro atoms. The zero-order valence-electron chi connectivity index (χ0n) is 9.90. The summed E-state index contributed by atoms with van der Waals surface area (Å²) in [6.07, 6.45) is 1.92. The second-order valence-corrected chi connectivity index (χ2v) is 7.91. The van der Waals surface area contributed by atoms with Crippen molar-refractivity contribution in [1.82, 2.24) is 4.98 Å². The number of carbonyl (C=O) groups excluding carboxylic acids is 1. The Kier molecular flexibility index (Phi) is 2.78. The van der Waals surface area contributed by atoms with Gasteiger partial charge in [0.1, 0.15) is 0 Å². The Hall–Kier alpha value is -0.950. The molecule has 0 bridgehead atoms. The van der Waals surface area contributed by atoms with Crippen LogP contribution in [-0.4, -0.2) is 30.3 Å². The number of nitrogens with zero attached hydrogens (tertiary/aromatic N) is 1. The predicted molar refractivity (Wildman–Crippen MR) is 67.0 cm³/mol. The summed E-state index contributed by atoms with van der Waals surface area (Å²) in [5, 5.41) is 3.07. The van der Waals surface area contributed by atoms with Crippen LogP contribution in [0.15, 0.2) is 0 Å². The molecule has 0 aliphatic heterocycles. The molecular formula is C10H14N2O3S2. The Bertz CT molecular complexity index is 551. The van der Waals surface area contributed by atoms with E-state index in [1.165, 1.54) is 11.3 Å². The summed E-state index contributed by atoms with van der Waals surface area (Å²) >= 11 is 1.36. The van der Waals surface area contributed by atoms with Gasteiger partial charge in [0.25, 0.3) is 0 Å². The van der Waals surface area contributed by atoms with Crippen molar-refractivity contribution in [3.63, 3.8) is 0 Å². The lowest BCUT2D eigenvalue weighted by molar-refractivity contribution is -0.116. The summed E-state index contributed by atoms with van der Waals surface area (Å²) in [6.45, 7) is 3.76. The van der Waals surface area contributed by atoms with Gasteiger partial charge in [-0.05, 0) is 26.7 Å². The third-order valence-corrected chi connectivity index (χ3v) is 6.08. The first-order valence-electron chi connectivity index (χ1n) is 5.21. The Balaban J connectivity index is 2.19. The number of aryl methyl sites for hydroxylation is 2. The summed E-state index contributed by atoms with van der Waals surface area (Å²) in [6, 6.07) is 0. The number of hydrogen-bond donors (Lipinski definition) is 1. The molecule has 2 rings (SSSR count). The van der Waals surface area contributed by atoms with E-state index < -0.39 is 20.5 Å². The minimum Gasteiger partial charge on any atom is -0.301 e. The number of thiazole rings is 1. The summed E-state index contributed by atoms with van der Waals surface area (Å²) in [5.74, 6) is -0.450. The lowest BCUT2D eigenvalue weighted by atomic mass is 10.4. The Labute approximate surface area is 104 Å². The Morgan fingerprint density at radius 2 is 2.00 bits per heavy atom. The third kappa shape index (κ3) is 2.09. The topological polar surface area (TPSA) is 76.1 Å². The van der Waals surface area contributed by atoms with Crippen LogP contribution in [0.5, 0.6) is 0 Å². The Morgan fingerprint density at radius 3 is 2.35 bits per heavy atom. The van der Waals surface area contributed by atoms with Crippen molar-refractivity contribution in [2.75, 3.05) is 11.6 Å². The number of hydrogen-bond acceptors (Lipinski definition) is 5. The average molecular weight is 274 g/mol. The van der Waals surface area contributed by atoms with Gasteiger partial charge < -0.3 is 5.32 Å². The highest BCUT2D eigenvalue weighted by atomic mass is 32.2. The fourth-order valence-corrected chi connectivity index (χ4v) is 3.66. The fraction of sp³-hybridized carbons (Fsp3) is 0.600. The first-order valence-corrected chi connectivity index (χ1v) is 7.92. The highest BCUT2D eigenvalue weighted by molar-refractivity contribution is 7.93. The molecular weight excluding hydrogens is 260 g/mol. The maximum atomic E-state index is 11.9. The number of nitrogens with one attached hydrogen (secondary N) is 1. The van der Waals surface area contributed by atoms with E-state index in [1.807, 2.05) is 13.8 Å². The van der Waals surface area contributed by atoms with Crippen LogP contribution in [0, 0.1) is 13.8 Å². The highest BCUT2D eigenvalue weighted by Gasteiger charge is 2.58. The number of sulfone groups is 1. The van der Waals surface area contributed by atoms with E-state index in [0.717, 1.165) is 16.8 Å². The van der Waals surface area contributed by atoms with Crippen molar-refractivity contribution in [3.8, 4) is 0 Å². The van der Waals surface area contributed by atoms with E-state index in [0.29, 0.717) is 18.0 Å². The molecule has 1 fully saturated rings. The quantitative estimate of drug-likeness (QED) is 0.900. The Morgan fingerprint density at radius 1 is 1.41 bits per heavy atom. The monoisotopic (exact) mass is 274 g/mol. The standard InChI is InChI=1S/C10H14N2O3S2/c1-6-7(2)16-9(11-6)12-8(13)10(4-5-10)17(3,14)15/h4-5H2,1-3H3,(H,11,12,13). The van der Waals surface area contributed by atoms with Gasteiger partial charge in [0.05, 0.1) is 5.69 Å². The van der Waals surface area contributed by atoms with Gasteiger partial charge in [-0.15, -0.1) is 11.3 Å². The van der Waals surface area contributed by atoms with E-state index in [-0.39, 0.29) is 0 Å². The third-order valence-electron chi connectivity index (χ3n) is 3.08. The summed E-state index contributed by atoms with van der Waals surface area (Å²) < 4.78 is 21.9. The average Bonchev–Trinajstić information content (AvgIpc) is 2.91. The zero-order valence-corrected chi connectivity index (χ0v) is 11.5. The van der Waals surface area contributed by atoms with E-state index in [4.69, 9.17) is 0 Å². The van der Waals surface area contributed by atoms with Crippen LogP contribution < -0.4 is 5.32 Å². The number of anilines is 1. The summed E-state index contributed by atoms with van der Waals surface area (Å²) in [7, 11) is -3.35. The minimum absolute atomic E-state index is 0.404. The molecule has 1 N–H and O–H groups in total. The smallest absolute Gasteiger partial charge is 0.247 e. The molecule has 5 nitrogen and oxygen atoms in total. The zero-order chi connectivity index (χ0) is 12.8. The van der Waals surface area contributed by atoms with Crippen LogP contribution in [0.4, 0.5) is 5.13 Å². The molecule has 0 unspecified atom stereocenters. The van der Waals surface area contributed by atoms with Gasteiger partial charge >= 0.3 is 0 Å². The van der Waals surface area contributed by atoms with E-state index in [2.05, 4.69) is 10.3 Å². The van der Waals surface area contributed by atoms with Crippen LogP contribution >= 0.6 is 11.3 Å². The molecule has 94 valence electrons. The van der Waals surface area contributed by atoms with Crippen LogP contribution in [0.3, 0.4) is 0 Å². The molecule has 0 radical (unpaired) electrons. The first-order chi connectivity index (χ1) is 7.76. The molecule has 1 aromatic rings. The predicted octanol–water partition coefficient (Wildman–Crippen LogP) is 1.28. The summed E-state index contributed by atoms with van der Waals surface area (Å²) in [4.78, 5) is 17.1. The fourth-order valence-electron chi connectivity index (χ4n) is 1.62. The molecule has 0 atom stereocenters. The van der Waals surface area contributed by atoms with Crippen LogP contribution in [0.2, 0.25) is 0 Å². The molecule has 1 aromatic heterocycles. The second-order valence-electron chi connectivity index (χ2n) is 4.38. The maximum Gasteiger partial charge on any atom is 0.247 e. The van der Waals surface area contributed by atoms with Gasteiger partial charge in [-0.25, -0.2) is 13.4 Å². The van der Waals surface area contributed by atoms with E-state index in [1.54, 1.807) is 0 Å². The number of amides is 1. The van der Waals surface area contributed by atoms with Gasteiger partial charge in [-0.3, -0.25) is 4.79 Å². The van der Waals surface area contributed by atoms with Crippen molar-refractivity contribution in [2.45, 2.75) is 31.4 Å². The normalized spacial score (nSPS) is 17.8. The number of aromatic nitrogens is 1. The van der Waals surface area contributed by atoms with Crippen molar-refractivity contribution in [3.05, 3.63) is 10.6 Å². The molecule has 1 aliphatic rings.